The topological polar surface area (TPSA) is 55.6 Å². The molecule has 1 heterocycles. The van der Waals surface area contributed by atoms with E-state index in [1.807, 2.05) is 18.2 Å². The Kier molecular flexibility index (Phi) is 4.06. The average molecular weight is 298 g/mol. The summed E-state index contributed by atoms with van der Waals surface area (Å²) in [4.78, 5) is 12.7. The van der Waals surface area contributed by atoms with Crippen LogP contribution in [0.4, 0.5) is 5.69 Å². The van der Waals surface area contributed by atoms with Gasteiger partial charge in [-0.3, -0.25) is 15.0 Å². The molecule has 0 radical (unpaired) electrons. The summed E-state index contributed by atoms with van der Waals surface area (Å²) in [5.74, 6) is 0.905. The maximum atomic E-state index is 10.7. The monoisotopic (exact) mass is 298 g/mol. The molecule has 5 nitrogen and oxygen atoms in total. The first-order valence-corrected chi connectivity index (χ1v) is 7.27. The molecule has 5 heteroatoms. The van der Waals surface area contributed by atoms with Gasteiger partial charge in [0.2, 0.25) is 0 Å². The van der Waals surface area contributed by atoms with E-state index in [0.717, 1.165) is 37.4 Å². The molecule has 0 spiro atoms. The van der Waals surface area contributed by atoms with Crippen molar-refractivity contribution >= 4 is 5.69 Å². The van der Waals surface area contributed by atoms with Gasteiger partial charge in [0.1, 0.15) is 5.75 Å². The molecule has 0 unspecified atom stereocenters. The summed E-state index contributed by atoms with van der Waals surface area (Å²) >= 11 is 0. The molecular formula is C17H18N2O3. The van der Waals surface area contributed by atoms with Crippen molar-refractivity contribution < 1.29 is 9.66 Å². The van der Waals surface area contributed by atoms with E-state index in [1.165, 1.54) is 11.1 Å². The lowest BCUT2D eigenvalue weighted by Gasteiger charge is -2.29. The van der Waals surface area contributed by atoms with Crippen molar-refractivity contribution in [1.29, 1.82) is 0 Å². The summed E-state index contributed by atoms with van der Waals surface area (Å²) in [6.07, 6.45) is 1.000. The Morgan fingerprint density at radius 2 is 1.95 bits per heavy atom. The number of methoxy groups -OCH3 is 1. The van der Waals surface area contributed by atoms with Crippen LogP contribution in [0.15, 0.2) is 42.5 Å². The number of nitrogens with zero attached hydrogens (tertiary/aromatic N) is 2. The van der Waals surface area contributed by atoms with Gasteiger partial charge >= 0.3 is 0 Å². The number of hydrogen-bond acceptors (Lipinski definition) is 4. The molecule has 0 amide bonds. The number of non-ortho nitro benzene ring substituents is 1. The Morgan fingerprint density at radius 3 is 2.64 bits per heavy atom. The van der Waals surface area contributed by atoms with Gasteiger partial charge in [0.25, 0.3) is 5.69 Å². The van der Waals surface area contributed by atoms with Gasteiger partial charge < -0.3 is 4.74 Å². The number of nitro benzene ring substituents is 1. The molecule has 0 aliphatic carbocycles. The Morgan fingerprint density at radius 1 is 1.18 bits per heavy atom. The molecular weight excluding hydrogens is 280 g/mol. The van der Waals surface area contributed by atoms with E-state index in [9.17, 15) is 10.1 Å². The van der Waals surface area contributed by atoms with Crippen LogP contribution in [0, 0.1) is 10.1 Å². The maximum Gasteiger partial charge on any atom is 0.269 e. The van der Waals surface area contributed by atoms with Crippen molar-refractivity contribution in [3.63, 3.8) is 0 Å². The molecule has 2 aromatic carbocycles. The summed E-state index contributed by atoms with van der Waals surface area (Å²) in [5.41, 5.74) is 3.91. The Balaban J connectivity index is 1.68. The second-order valence-electron chi connectivity index (χ2n) is 5.52. The second kappa shape index (κ2) is 6.15. The molecule has 0 N–H and O–H groups in total. The number of hydrogen-bond donors (Lipinski definition) is 0. The first-order valence-electron chi connectivity index (χ1n) is 7.27. The standard InChI is InChI=1S/C17H18N2O3/c1-22-17-7-4-15-12-18(9-8-14(15)10-17)11-13-2-5-16(6-3-13)19(20)21/h2-7,10H,8-9,11-12H2,1H3. The van der Waals surface area contributed by atoms with Gasteiger partial charge in [-0.2, -0.15) is 0 Å². The lowest BCUT2D eigenvalue weighted by molar-refractivity contribution is -0.384. The zero-order chi connectivity index (χ0) is 15.5. The van der Waals surface area contributed by atoms with Gasteiger partial charge in [0.15, 0.2) is 0 Å². The molecule has 0 saturated heterocycles. The van der Waals surface area contributed by atoms with Gasteiger partial charge in [0.05, 0.1) is 12.0 Å². The lowest BCUT2D eigenvalue weighted by atomic mass is 9.99. The summed E-state index contributed by atoms with van der Waals surface area (Å²) in [7, 11) is 1.69. The number of fused-ring (bicyclic) bond motifs is 1. The first kappa shape index (κ1) is 14.5. The van der Waals surface area contributed by atoms with Crippen LogP contribution in [0.5, 0.6) is 5.75 Å². The summed E-state index contributed by atoms with van der Waals surface area (Å²) in [6, 6.07) is 13.0. The Labute approximate surface area is 129 Å². The zero-order valence-electron chi connectivity index (χ0n) is 12.5. The fraction of sp³-hybridized carbons (Fsp3) is 0.294. The highest BCUT2D eigenvalue weighted by atomic mass is 16.6. The van der Waals surface area contributed by atoms with Crippen molar-refractivity contribution in [3.05, 3.63) is 69.3 Å². The molecule has 0 aromatic heterocycles. The van der Waals surface area contributed by atoms with Crippen LogP contribution in [0.3, 0.4) is 0 Å². The number of nitro groups is 1. The fourth-order valence-corrected chi connectivity index (χ4v) is 2.83. The van der Waals surface area contributed by atoms with E-state index >= 15 is 0 Å². The van der Waals surface area contributed by atoms with E-state index in [2.05, 4.69) is 17.0 Å². The van der Waals surface area contributed by atoms with Crippen LogP contribution in [0.25, 0.3) is 0 Å². The van der Waals surface area contributed by atoms with Crippen molar-refractivity contribution in [2.75, 3.05) is 13.7 Å². The fourth-order valence-electron chi connectivity index (χ4n) is 2.83. The van der Waals surface area contributed by atoms with E-state index in [4.69, 9.17) is 4.74 Å². The number of benzene rings is 2. The average Bonchev–Trinajstić information content (AvgIpc) is 2.55. The molecule has 0 fully saturated rings. The normalized spacial score (nSPS) is 14.4. The molecule has 0 atom stereocenters. The van der Waals surface area contributed by atoms with Crippen LogP contribution < -0.4 is 4.74 Å². The second-order valence-corrected chi connectivity index (χ2v) is 5.52. The van der Waals surface area contributed by atoms with E-state index in [1.54, 1.807) is 19.2 Å². The molecule has 22 heavy (non-hydrogen) atoms. The SMILES string of the molecule is COc1ccc2c(c1)CCN(Cc1ccc([N+](=O)[O-])cc1)C2. The highest BCUT2D eigenvalue weighted by Crippen LogP contribution is 2.25. The van der Waals surface area contributed by atoms with Gasteiger partial charge in [-0.05, 0) is 35.2 Å². The number of rotatable bonds is 4. The van der Waals surface area contributed by atoms with Gasteiger partial charge in [0, 0.05) is 31.8 Å². The third-order valence-corrected chi connectivity index (χ3v) is 4.06. The minimum Gasteiger partial charge on any atom is -0.497 e. The Bertz CT molecular complexity index is 683. The van der Waals surface area contributed by atoms with Crippen LogP contribution >= 0.6 is 0 Å². The van der Waals surface area contributed by atoms with Crippen LogP contribution in [0.1, 0.15) is 16.7 Å². The predicted molar refractivity (Wildman–Crippen MR) is 83.9 cm³/mol. The molecule has 0 saturated carbocycles. The molecule has 2 aromatic rings. The van der Waals surface area contributed by atoms with E-state index in [-0.39, 0.29) is 10.6 Å². The minimum absolute atomic E-state index is 0.139. The van der Waals surface area contributed by atoms with Crippen molar-refractivity contribution in [1.82, 2.24) is 4.90 Å². The molecule has 114 valence electrons. The summed E-state index contributed by atoms with van der Waals surface area (Å²) in [6.45, 7) is 2.69. The van der Waals surface area contributed by atoms with E-state index in [0.29, 0.717) is 0 Å². The lowest BCUT2D eigenvalue weighted by Crippen LogP contribution is -2.30. The smallest absolute Gasteiger partial charge is 0.269 e. The summed E-state index contributed by atoms with van der Waals surface area (Å²) < 4.78 is 5.26. The van der Waals surface area contributed by atoms with Gasteiger partial charge in [-0.15, -0.1) is 0 Å². The first-order chi connectivity index (χ1) is 10.7. The van der Waals surface area contributed by atoms with Crippen LogP contribution in [-0.4, -0.2) is 23.5 Å². The van der Waals surface area contributed by atoms with Gasteiger partial charge in [-0.25, -0.2) is 0 Å². The van der Waals surface area contributed by atoms with E-state index < -0.39 is 0 Å². The summed E-state index contributed by atoms with van der Waals surface area (Å²) in [5, 5.41) is 10.7. The zero-order valence-corrected chi connectivity index (χ0v) is 12.5. The van der Waals surface area contributed by atoms with Crippen molar-refractivity contribution in [2.45, 2.75) is 19.5 Å². The third kappa shape index (κ3) is 3.09. The number of ether oxygens (including phenoxy) is 1. The van der Waals surface area contributed by atoms with Gasteiger partial charge in [-0.1, -0.05) is 18.2 Å². The minimum atomic E-state index is -0.367. The largest absolute Gasteiger partial charge is 0.497 e. The predicted octanol–water partition coefficient (Wildman–Crippen LogP) is 3.16. The third-order valence-electron chi connectivity index (χ3n) is 4.06. The quantitative estimate of drug-likeness (QED) is 0.642. The van der Waals surface area contributed by atoms with Crippen LogP contribution in [0.2, 0.25) is 0 Å². The van der Waals surface area contributed by atoms with Crippen molar-refractivity contribution in [2.24, 2.45) is 0 Å². The molecule has 0 bridgehead atoms. The molecule has 1 aliphatic heterocycles. The van der Waals surface area contributed by atoms with Crippen LogP contribution in [-0.2, 0) is 19.5 Å². The maximum absolute atomic E-state index is 10.7. The molecule has 3 rings (SSSR count). The highest BCUT2D eigenvalue weighted by Gasteiger charge is 2.17. The molecule has 1 aliphatic rings. The highest BCUT2D eigenvalue weighted by molar-refractivity contribution is 5.37. The Hall–Kier alpha value is -2.40. The van der Waals surface area contributed by atoms with Crippen molar-refractivity contribution in [3.8, 4) is 5.75 Å².